The average Bonchev–Trinajstić information content (AvgIpc) is 3.13. The Morgan fingerprint density at radius 2 is 1.33 bits per heavy atom. The molecule has 1 N–H and O–H groups in total. The maximum absolute atomic E-state index is 12.9. The highest BCUT2D eigenvalue weighted by atomic mass is 35.5. The van der Waals surface area contributed by atoms with Gasteiger partial charge in [0.05, 0.1) is 17.5 Å². The summed E-state index contributed by atoms with van der Waals surface area (Å²) in [4.78, 5) is 2.39. The summed E-state index contributed by atoms with van der Waals surface area (Å²) in [5, 5.41) is 13.8. The van der Waals surface area contributed by atoms with Crippen LogP contribution in [0.4, 0.5) is 0 Å². The molecule has 1 aliphatic rings. The number of sulfonamides is 1. The molecule has 1 saturated heterocycles. The van der Waals surface area contributed by atoms with Crippen LogP contribution in [0, 0.1) is 0 Å². The molecule has 1 fully saturated rings. The van der Waals surface area contributed by atoms with Gasteiger partial charge in [0.15, 0.2) is 0 Å². The van der Waals surface area contributed by atoms with Crippen molar-refractivity contribution in [2.45, 2.75) is 17.5 Å². The number of aromatic nitrogens is 1. The molecule has 1 aliphatic heterocycles. The van der Waals surface area contributed by atoms with Crippen LogP contribution < -0.4 is 0 Å². The Hall–Kier alpha value is -2.42. The number of piperazine rings is 1. The van der Waals surface area contributed by atoms with E-state index in [2.05, 4.69) is 33.7 Å². The molecule has 5 rings (SSSR count). The lowest BCUT2D eigenvalue weighted by Crippen LogP contribution is -2.50. The van der Waals surface area contributed by atoms with Gasteiger partial charge in [-0.1, -0.05) is 48.0 Å². The van der Waals surface area contributed by atoms with Crippen LogP contribution in [0.1, 0.15) is 0 Å². The highest BCUT2D eigenvalue weighted by molar-refractivity contribution is 7.89. The van der Waals surface area contributed by atoms with Gasteiger partial charge in [-0.25, -0.2) is 8.42 Å². The van der Waals surface area contributed by atoms with E-state index in [0.29, 0.717) is 44.3 Å². The lowest BCUT2D eigenvalue weighted by Gasteiger charge is -2.35. The van der Waals surface area contributed by atoms with Gasteiger partial charge in [-0.3, -0.25) is 4.90 Å². The van der Waals surface area contributed by atoms with Crippen LogP contribution in [0.2, 0.25) is 5.02 Å². The first kappa shape index (κ1) is 22.4. The summed E-state index contributed by atoms with van der Waals surface area (Å²) < 4.78 is 29.5. The number of hydrogen-bond acceptors (Lipinski definition) is 4. The van der Waals surface area contributed by atoms with Crippen LogP contribution in [0.25, 0.3) is 21.8 Å². The number of aliphatic hydroxyl groups excluding tert-OH is 1. The van der Waals surface area contributed by atoms with E-state index in [1.54, 1.807) is 24.3 Å². The number of fused-ring (bicyclic) bond motifs is 3. The van der Waals surface area contributed by atoms with Crippen molar-refractivity contribution < 1.29 is 13.5 Å². The third-order valence-corrected chi connectivity index (χ3v) is 8.49. The number of nitrogens with zero attached hydrogens (tertiary/aromatic N) is 3. The maximum Gasteiger partial charge on any atom is 0.243 e. The summed E-state index contributed by atoms with van der Waals surface area (Å²) in [6.07, 6.45) is -0.566. The third-order valence-electron chi connectivity index (χ3n) is 6.32. The zero-order valence-corrected chi connectivity index (χ0v) is 19.7. The summed E-state index contributed by atoms with van der Waals surface area (Å²) in [5.74, 6) is 0. The first-order valence-electron chi connectivity index (χ1n) is 11.1. The number of benzene rings is 3. The summed E-state index contributed by atoms with van der Waals surface area (Å²) in [7, 11) is -3.54. The molecular formula is C25H26ClN3O3S. The maximum atomic E-state index is 12.9. The predicted molar refractivity (Wildman–Crippen MR) is 132 cm³/mol. The molecule has 0 amide bonds. The number of hydrogen-bond donors (Lipinski definition) is 1. The Morgan fingerprint density at radius 3 is 1.91 bits per heavy atom. The van der Waals surface area contributed by atoms with Crippen molar-refractivity contribution in [3.8, 4) is 0 Å². The fourth-order valence-corrected chi connectivity index (χ4v) is 6.22. The topological polar surface area (TPSA) is 65.8 Å². The third kappa shape index (κ3) is 4.39. The van der Waals surface area contributed by atoms with Crippen LogP contribution in [-0.4, -0.2) is 66.1 Å². The normalized spacial score (nSPS) is 17.0. The fraction of sp³-hybridized carbons (Fsp3) is 0.280. The van der Waals surface area contributed by atoms with Crippen LogP contribution in [0.15, 0.2) is 77.7 Å². The van der Waals surface area contributed by atoms with Crippen LogP contribution in [0.3, 0.4) is 0 Å². The molecule has 33 heavy (non-hydrogen) atoms. The van der Waals surface area contributed by atoms with E-state index < -0.39 is 16.1 Å². The van der Waals surface area contributed by atoms with Crippen molar-refractivity contribution in [2.75, 3.05) is 32.7 Å². The molecule has 4 aromatic rings. The molecule has 0 saturated carbocycles. The molecule has 1 atom stereocenters. The molecule has 2 heterocycles. The summed E-state index contributed by atoms with van der Waals surface area (Å²) in [6.45, 7) is 2.93. The second-order valence-electron chi connectivity index (χ2n) is 8.46. The van der Waals surface area contributed by atoms with Crippen molar-refractivity contribution in [1.29, 1.82) is 0 Å². The molecular weight excluding hydrogens is 458 g/mol. The minimum absolute atomic E-state index is 0.256. The quantitative estimate of drug-likeness (QED) is 0.453. The minimum atomic E-state index is -3.54. The van der Waals surface area contributed by atoms with Crippen molar-refractivity contribution in [3.63, 3.8) is 0 Å². The average molecular weight is 484 g/mol. The van der Waals surface area contributed by atoms with E-state index in [1.807, 2.05) is 24.3 Å². The predicted octanol–water partition coefficient (Wildman–Crippen LogP) is 3.82. The molecule has 0 aliphatic carbocycles. The van der Waals surface area contributed by atoms with Gasteiger partial charge < -0.3 is 9.67 Å². The Kier molecular flexibility index (Phi) is 6.16. The largest absolute Gasteiger partial charge is 0.390 e. The van der Waals surface area contributed by atoms with E-state index in [0.717, 1.165) is 11.0 Å². The first-order valence-corrected chi connectivity index (χ1v) is 12.9. The van der Waals surface area contributed by atoms with Crippen molar-refractivity contribution in [3.05, 3.63) is 77.8 Å². The molecule has 3 aromatic carbocycles. The van der Waals surface area contributed by atoms with E-state index in [1.165, 1.54) is 15.1 Å². The molecule has 0 spiro atoms. The highest BCUT2D eigenvalue weighted by Crippen LogP contribution is 2.29. The highest BCUT2D eigenvalue weighted by Gasteiger charge is 2.29. The minimum Gasteiger partial charge on any atom is -0.390 e. The molecule has 6 nitrogen and oxygen atoms in total. The molecule has 1 aromatic heterocycles. The number of para-hydroxylation sites is 2. The number of β-amino-alcohol motifs (C(OH)–C–C–N with tert-alkyl or cyclic N) is 1. The van der Waals surface area contributed by atoms with Crippen molar-refractivity contribution in [2.24, 2.45) is 0 Å². The van der Waals surface area contributed by atoms with Crippen LogP contribution in [0.5, 0.6) is 0 Å². The monoisotopic (exact) mass is 483 g/mol. The van der Waals surface area contributed by atoms with Crippen molar-refractivity contribution >= 4 is 43.4 Å². The van der Waals surface area contributed by atoms with Crippen molar-refractivity contribution in [1.82, 2.24) is 13.8 Å². The molecule has 172 valence electrons. The zero-order chi connectivity index (χ0) is 23.0. The van der Waals surface area contributed by atoms with Crippen LogP contribution in [-0.2, 0) is 16.6 Å². The summed E-state index contributed by atoms with van der Waals surface area (Å²) >= 11 is 5.89. The Balaban J connectivity index is 1.25. The molecule has 8 heteroatoms. The summed E-state index contributed by atoms with van der Waals surface area (Å²) in [5.41, 5.74) is 2.22. The Morgan fingerprint density at radius 1 is 0.788 bits per heavy atom. The number of halogens is 1. The summed E-state index contributed by atoms with van der Waals surface area (Å²) in [6, 6.07) is 22.8. The van der Waals surface area contributed by atoms with Gasteiger partial charge in [0.25, 0.3) is 0 Å². The van der Waals surface area contributed by atoms with Gasteiger partial charge in [0.2, 0.25) is 10.0 Å². The van der Waals surface area contributed by atoms with E-state index >= 15 is 0 Å². The van der Waals surface area contributed by atoms with Gasteiger partial charge in [0.1, 0.15) is 0 Å². The first-order chi connectivity index (χ1) is 15.9. The van der Waals surface area contributed by atoms with E-state index in [9.17, 15) is 13.5 Å². The SMILES string of the molecule is O=S(=O)(c1ccc(Cl)cc1)N1CCN(C[C@H](O)Cn2c3ccccc3c3ccccc32)CC1. The van der Waals surface area contributed by atoms with E-state index in [4.69, 9.17) is 11.6 Å². The molecule has 0 radical (unpaired) electrons. The Bertz CT molecular complexity index is 1320. The fourth-order valence-electron chi connectivity index (χ4n) is 4.67. The number of aliphatic hydroxyl groups is 1. The van der Waals surface area contributed by atoms with Gasteiger partial charge >= 0.3 is 0 Å². The molecule has 0 unspecified atom stereocenters. The van der Waals surface area contributed by atoms with Crippen LogP contribution >= 0.6 is 11.6 Å². The van der Waals surface area contributed by atoms with Gasteiger partial charge in [-0.05, 0) is 36.4 Å². The van der Waals surface area contributed by atoms with Gasteiger partial charge in [-0.2, -0.15) is 4.31 Å². The van der Waals surface area contributed by atoms with Gasteiger partial charge in [0, 0.05) is 59.6 Å². The van der Waals surface area contributed by atoms with E-state index in [-0.39, 0.29) is 4.90 Å². The second-order valence-corrected chi connectivity index (χ2v) is 10.8. The number of rotatable bonds is 6. The Labute approximate surface area is 198 Å². The zero-order valence-electron chi connectivity index (χ0n) is 18.1. The van der Waals surface area contributed by atoms with Gasteiger partial charge in [-0.15, -0.1) is 0 Å². The lowest BCUT2D eigenvalue weighted by atomic mass is 10.2. The molecule has 0 bridgehead atoms. The standard InChI is InChI=1S/C25H26ClN3O3S/c26-19-9-11-21(12-10-19)33(31,32)28-15-13-27(14-16-28)17-20(30)18-29-24-7-3-1-5-22(24)23-6-2-4-8-25(23)29/h1-12,20,30H,13-18H2/t20-/m0/s1. The lowest BCUT2D eigenvalue weighted by molar-refractivity contribution is 0.0823. The smallest absolute Gasteiger partial charge is 0.243 e. The second kappa shape index (κ2) is 9.08.